The summed E-state index contributed by atoms with van der Waals surface area (Å²) in [5.74, 6) is 0.294. The van der Waals surface area contributed by atoms with E-state index in [1.165, 1.54) is 17.2 Å². The van der Waals surface area contributed by atoms with Gasteiger partial charge in [0.05, 0.1) is 5.69 Å². The molecule has 1 aromatic carbocycles. The smallest absolute Gasteiger partial charge is 0.423 e. The molecule has 0 aliphatic carbocycles. The maximum atomic E-state index is 11.2. The lowest BCUT2D eigenvalue weighted by atomic mass is 9.80. The highest BCUT2D eigenvalue weighted by atomic mass is 16.4. The molecule has 1 amide bonds. The number of amides is 1. The number of carbonyl (C=O) groups excluding carboxylic acids is 1. The molecule has 7 heteroatoms. The maximum Gasteiger partial charge on any atom is 0.488 e. The van der Waals surface area contributed by atoms with Gasteiger partial charge in [-0.05, 0) is 29.7 Å². The summed E-state index contributed by atoms with van der Waals surface area (Å²) >= 11 is 0. The Hall–Kier alpha value is -2.38. The van der Waals surface area contributed by atoms with E-state index < -0.39 is 7.12 Å². The van der Waals surface area contributed by atoms with Crippen molar-refractivity contribution < 1.29 is 14.8 Å². The molecule has 19 heavy (non-hydrogen) atoms. The van der Waals surface area contributed by atoms with Gasteiger partial charge < -0.3 is 15.8 Å². The first-order valence-electron chi connectivity index (χ1n) is 5.54. The van der Waals surface area contributed by atoms with E-state index in [0.717, 1.165) is 0 Å². The summed E-state index contributed by atoms with van der Waals surface area (Å²) in [6.45, 7) is 0. The fourth-order valence-corrected chi connectivity index (χ4v) is 1.68. The number of hydrogen-bond donors (Lipinski definition) is 3. The van der Waals surface area contributed by atoms with Crippen molar-refractivity contribution in [1.29, 1.82) is 0 Å². The molecule has 0 radical (unpaired) electrons. The number of nitrogen functional groups attached to an aromatic ring is 1. The number of benzene rings is 1. The molecule has 0 bridgehead atoms. The van der Waals surface area contributed by atoms with Crippen LogP contribution in [0.15, 0.2) is 42.6 Å². The fourth-order valence-electron chi connectivity index (χ4n) is 1.68. The molecule has 2 rings (SSSR count). The Morgan fingerprint density at radius 1 is 1.26 bits per heavy atom. The Morgan fingerprint density at radius 2 is 2.05 bits per heavy atom. The van der Waals surface area contributed by atoms with E-state index in [-0.39, 0.29) is 5.46 Å². The monoisotopic (exact) mass is 257 g/mol. The van der Waals surface area contributed by atoms with Crippen molar-refractivity contribution in [2.75, 3.05) is 10.6 Å². The molecule has 0 saturated heterocycles. The summed E-state index contributed by atoms with van der Waals surface area (Å²) in [5.41, 5.74) is 6.85. The average Bonchev–Trinajstić information content (AvgIpc) is 2.42. The van der Waals surface area contributed by atoms with Crippen LogP contribution >= 0.6 is 0 Å². The molecular weight excluding hydrogens is 245 g/mol. The molecule has 0 aliphatic rings. The zero-order valence-corrected chi connectivity index (χ0v) is 9.97. The molecule has 0 aliphatic heterocycles. The number of rotatable bonds is 4. The highest BCUT2D eigenvalue weighted by molar-refractivity contribution is 6.58. The quantitative estimate of drug-likeness (QED) is 0.513. The lowest BCUT2D eigenvalue weighted by Crippen LogP contribution is -2.30. The van der Waals surface area contributed by atoms with E-state index in [0.29, 0.717) is 23.6 Å². The Balaban J connectivity index is 2.46. The zero-order chi connectivity index (χ0) is 13.8. The minimum absolute atomic E-state index is 0.277. The lowest BCUT2D eigenvalue weighted by Gasteiger charge is -2.18. The molecule has 6 nitrogen and oxygen atoms in total. The predicted octanol–water partition coefficient (Wildman–Crippen LogP) is -0.362. The van der Waals surface area contributed by atoms with Crippen LogP contribution in [-0.4, -0.2) is 28.6 Å². The number of hydrogen-bond acceptors (Lipinski definition) is 5. The number of carbonyl (C=O) groups is 1. The normalized spacial score (nSPS) is 10.0. The first kappa shape index (κ1) is 13.1. The van der Waals surface area contributed by atoms with Gasteiger partial charge in [-0.25, -0.2) is 4.98 Å². The van der Waals surface area contributed by atoms with E-state index in [1.54, 1.807) is 30.3 Å². The van der Waals surface area contributed by atoms with Gasteiger partial charge >= 0.3 is 7.12 Å². The molecule has 0 saturated carbocycles. The number of nitrogens with two attached hydrogens (primary N) is 1. The van der Waals surface area contributed by atoms with Crippen LogP contribution in [0.5, 0.6) is 0 Å². The highest BCUT2D eigenvalue weighted by Gasteiger charge is 2.16. The Bertz CT molecular complexity index is 592. The van der Waals surface area contributed by atoms with Crippen LogP contribution in [-0.2, 0) is 4.79 Å². The third-order valence-corrected chi connectivity index (χ3v) is 2.60. The second kappa shape index (κ2) is 5.51. The SMILES string of the molecule is Nc1cccnc1N(C=O)c1cccc(B(O)O)c1. The summed E-state index contributed by atoms with van der Waals surface area (Å²) in [4.78, 5) is 16.5. The molecular formula is C12H12BN3O3. The van der Waals surface area contributed by atoms with Crippen LogP contribution in [0.1, 0.15) is 0 Å². The number of anilines is 3. The first-order chi connectivity index (χ1) is 9.13. The van der Waals surface area contributed by atoms with Crippen LogP contribution in [0.25, 0.3) is 0 Å². The third kappa shape index (κ3) is 2.73. The van der Waals surface area contributed by atoms with Crippen LogP contribution < -0.4 is 16.1 Å². The van der Waals surface area contributed by atoms with Crippen molar-refractivity contribution in [3.63, 3.8) is 0 Å². The van der Waals surface area contributed by atoms with Gasteiger partial charge in [0.25, 0.3) is 0 Å². The molecule has 0 unspecified atom stereocenters. The van der Waals surface area contributed by atoms with Gasteiger partial charge in [-0.1, -0.05) is 12.1 Å². The zero-order valence-electron chi connectivity index (χ0n) is 9.97. The molecule has 0 fully saturated rings. The summed E-state index contributed by atoms with van der Waals surface area (Å²) < 4.78 is 0. The van der Waals surface area contributed by atoms with Crippen LogP contribution in [0.4, 0.5) is 17.2 Å². The molecule has 0 atom stereocenters. The van der Waals surface area contributed by atoms with Gasteiger partial charge in [0, 0.05) is 11.9 Å². The molecule has 2 aromatic rings. The predicted molar refractivity (Wildman–Crippen MR) is 73.1 cm³/mol. The van der Waals surface area contributed by atoms with Crippen molar-refractivity contribution in [3.05, 3.63) is 42.6 Å². The summed E-state index contributed by atoms with van der Waals surface area (Å²) in [5, 5.41) is 18.3. The highest BCUT2D eigenvalue weighted by Crippen LogP contribution is 2.25. The molecule has 1 aromatic heterocycles. The van der Waals surface area contributed by atoms with Gasteiger partial charge in [0.2, 0.25) is 6.41 Å². The second-order valence-electron chi connectivity index (χ2n) is 3.86. The van der Waals surface area contributed by atoms with Crippen molar-refractivity contribution in [3.8, 4) is 0 Å². The Labute approximate surface area is 110 Å². The number of nitrogens with zero attached hydrogens (tertiary/aromatic N) is 2. The summed E-state index contributed by atoms with van der Waals surface area (Å²) in [6.07, 6.45) is 2.09. The fraction of sp³-hybridized carbons (Fsp3) is 0. The minimum Gasteiger partial charge on any atom is -0.423 e. The lowest BCUT2D eigenvalue weighted by molar-refractivity contribution is -0.106. The third-order valence-electron chi connectivity index (χ3n) is 2.60. The molecule has 4 N–H and O–H groups in total. The van der Waals surface area contributed by atoms with E-state index >= 15 is 0 Å². The van der Waals surface area contributed by atoms with Crippen molar-refractivity contribution in [2.24, 2.45) is 0 Å². The van der Waals surface area contributed by atoms with E-state index in [1.807, 2.05) is 0 Å². The summed E-state index contributed by atoms with van der Waals surface area (Å²) in [6, 6.07) is 9.57. The van der Waals surface area contributed by atoms with Crippen LogP contribution in [0, 0.1) is 0 Å². The first-order valence-corrected chi connectivity index (χ1v) is 5.54. The van der Waals surface area contributed by atoms with E-state index in [9.17, 15) is 4.79 Å². The number of pyridine rings is 1. The van der Waals surface area contributed by atoms with E-state index in [4.69, 9.17) is 15.8 Å². The van der Waals surface area contributed by atoms with Crippen LogP contribution in [0.2, 0.25) is 0 Å². The van der Waals surface area contributed by atoms with Crippen molar-refractivity contribution in [2.45, 2.75) is 0 Å². The topological polar surface area (TPSA) is 99.7 Å². The van der Waals surface area contributed by atoms with Crippen LogP contribution in [0.3, 0.4) is 0 Å². The minimum atomic E-state index is -1.60. The largest absolute Gasteiger partial charge is 0.488 e. The second-order valence-corrected chi connectivity index (χ2v) is 3.86. The van der Waals surface area contributed by atoms with Crippen molar-refractivity contribution >= 4 is 36.2 Å². The average molecular weight is 257 g/mol. The molecule has 96 valence electrons. The number of aromatic nitrogens is 1. The van der Waals surface area contributed by atoms with Gasteiger partial charge in [-0.2, -0.15) is 0 Å². The standard InChI is InChI=1S/C12H12BN3O3/c14-11-5-2-6-15-12(11)16(8-17)10-4-1-3-9(7-10)13(18)19/h1-8,18-19H,14H2. The van der Waals surface area contributed by atoms with Gasteiger partial charge in [-0.3, -0.25) is 9.69 Å². The van der Waals surface area contributed by atoms with Gasteiger partial charge in [-0.15, -0.1) is 0 Å². The Kier molecular flexibility index (Phi) is 3.79. The van der Waals surface area contributed by atoms with Gasteiger partial charge in [0.15, 0.2) is 5.82 Å². The van der Waals surface area contributed by atoms with Gasteiger partial charge in [0.1, 0.15) is 0 Å². The summed E-state index contributed by atoms with van der Waals surface area (Å²) in [7, 11) is -1.60. The maximum absolute atomic E-state index is 11.2. The molecule has 0 spiro atoms. The molecule has 1 heterocycles. The van der Waals surface area contributed by atoms with Crippen molar-refractivity contribution in [1.82, 2.24) is 4.98 Å². The van der Waals surface area contributed by atoms with E-state index in [2.05, 4.69) is 4.98 Å². The Morgan fingerprint density at radius 3 is 2.68 bits per heavy atom.